The van der Waals surface area contributed by atoms with Crippen LogP contribution in [0.1, 0.15) is 44.5 Å². The summed E-state index contributed by atoms with van der Waals surface area (Å²) in [7, 11) is -3.30. The van der Waals surface area contributed by atoms with Gasteiger partial charge in [-0.2, -0.15) is 0 Å². The van der Waals surface area contributed by atoms with Crippen LogP contribution in [0.2, 0.25) is 0 Å². The van der Waals surface area contributed by atoms with Gasteiger partial charge in [0.2, 0.25) is 15.9 Å². The molecular formula is C17H25N3O4S. The van der Waals surface area contributed by atoms with Gasteiger partial charge >= 0.3 is 0 Å². The van der Waals surface area contributed by atoms with Crippen molar-refractivity contribution in [3.63, 3.8) is 0 Å². The Labute approximate surface area is 148 Å². The summed E-state index contributed by atoms with van der Waals surface area (Å²) in [5.41, 5.74) is 0.395. The SMILES string of the molecule is CC(NC(=O)c1cccc(N2CCCS2(=O)=O)c1)C(=O)NC(C)(C)C. The van der Waals surface area contributed by atoms with Crippen LogP contribution in [0.4, 0.5) is 5.69 Å². The van der Waals surface area contributed by atoms with Gasteiger partial charge < -0.3 is 10.6 Å². The molecule has 1 fully saturated rings. The molecule has 2 rings (SSSR count). The first kappa shape index (κ1) is 19.2. The summed E-state index contributed by atoms with van der Waals surface area (Å²) in [6.07, 6.45) is 0.572. The summed E-state index contributed by atoms with van der Waals surface area (Å²) >= 11 is 0. The molecule has 1 unspecified atom stereocenters. The predicted octanol–water partition coefficient (Wildman–Crippen LogP) is 1.26. The standard InChI is InChI=1S/C17H25N3O4S/c1-12(15(21)19-17(2,3)4)18-16(22)13-7-5-8-14(11-13)20-9-6-10-25(20,23)24/h5,7-8,11-12H,6,9-10H2,1-4H3,(H,18,22)(H,19,21). The Morgan fingerprint density at radius 2 is 1.92 bits per heavy atom. The van der Waals surface area contributed by atoms with Gasteiger partial charge in [0.05, 0.1) is 11.4 Å². The normalized spacial score (nSPS) is 17.8. The monoisotopic (exact) mass is 367 g/mol. The number of benzene rings is 1. The van der Waals surface area contributed by atoms with Gasteiger partial charge in [-0.15, -0.1) is 0 Å². The minimum atomic E-state index is -3.30. The molecule has 0 radical (unpaired) electrons. The van der Waals surface area contributed by atoms with Crippen LogP contribution < -0.4 is 14.9 Å². The van der Waals surface area contributed by atoms with Gasteiger partial charge in [0, 0.05) is 17.6 Å². The molecule has 1 saturated heterocycles. The van der Waals surface area contributed by atoms with Crippen molar-refractivity contribution in [1.82, 2.24) is 10.6 Å². The maximum atomic E-state index is 12.4. The van der Waals surface area contributed by atoms with Crippen LogP contribution in [0.3, 0.4) is 0 Å². The van der Waals surface area contributed by atoms with Gasteiger partial charge in [-0.05, 0) is 52.3 Å². The number of sulfonamides is 1. The Hall–Kier alpha value is -2.09. The van der Waals surface area contributed by atoms with Crippen LogP contribution in [-0.4, -0.2) is 44.1 Å². The summed E-state index contributed by atoms with van der Waals surface area (Å²) in [4.78, 5) is 24.5. The maximum absolute atomic E-state index is 12.4. The van der Waals surface area contributed by atoms with Gasteiger partial charge in [-0.1, -0.05) is 6.07 Å². The van der Waals surface area contributed by atoms with E-state index in [1.165, 1.54) is 10.4 Å². The number of amides is 2. The van der Waals surface area contributed by atoms with E-state index in [9.17, 15) is 18.0 Å². The van der Waals surface area contributed by atoms with Gasteiger partial charge in [-0.25, -0.2) is 8.42 Å². The zero-order valence-electron chi connectivity index (χ0n) is 15.0. The molecule has 1 heterocycles. The largest absolute Gasteiger partial charge is 0.350 e. The first-order chi connectivity index (χ1) is 11.5. The highest BCUT2D eigenvalue weighted by molar-refractivity contribution is 7.93. The summed E-state index contributed by atoms with van der Waals surface area (Å²) in [6.45, 7) is 7.60. The molecule has 0 bridgehead atoms. The molecule has 2 N–H and O–H groups in total. The van der Waals surface area contributed by atoms with Crippen LogP contribution in [0.25, 0.3) is 0 Å². The fourth-order valence-corrected chi connectivity index (χ4v) is 4.11. The number of hydrogen-bond acceptors (Lipinski definition) is 4. The second-order valence-corrected chi connectivity index (χ2v) is 9.24. The molecule has 138 valence electrons. The van der Waals surface area contributed by atoms with E-state index in [1.807, 2.05) is 20.8 Å². The number of nitrogens with one attached hydrogen (secondary N) is 2. The fraction of sp³-hybridized carbons (Fsp3) is 0.529. The Morgan fingerprint density at radius 3 is 2.48 bits per heavy atom. The molecular weight excluding hydrogens is 342 g/mol. The second kappa shape index (κ2) is 7.03. The van der Waals surface area contributed by atoms with Crippen LogP contribution >= 0.6 is 0 Å². The van der Waals surface area contributed by atoms with E-state index >= 15 is 0 Å². The third kappa shape index (κ3) is 4.94. The average Bonchev–Trinajstić information content (AvgIpc) is 2.85. The van der Waals surface area contributed by atoms with E-state index in [2.05, 4.69) is 10.6 Å². The molecule has 8 heteroatoms. The first-order valence-electron chi connectivity index (χ1n) is 8.23. The zero-order chi connectivity index (χ0) is 18.8. The lowest BCUT2D eigenvalue weighted by molar-refractivity contribution is -0.124. The summed E-state index contributed by atoms with van der Waals surface area (Å²) in [5, 5.41) is 5.44. The number of nitrogens with zero attached hydrogens (tertiary/aromatic N) is 1. The van der Waals surface area contributed by atoms with Crippen molar-refractivity contribution in [2.24, 2.45) is 0 Å². The molecule has 7 nitrogen and oxygen atoms in total. The molecule has 0 saturated carbocycles. The van der Waals surface area contributed by atoms with Crippen molar-refractivity contribution in [1.29, 1.82) is 0 Å². The van der Waals surface area contributed by atoms with Crippen LogP contribution in [0, 0.1) is 0 Å². The lowest BCUT2D eigenvalue weighted by atomic mass is 10.1. The maximum Gasteiger partial charge on any atom is 0.251 e. The molecule has 1 atom stereocenters. The van der Waals surface area contributed by atoms with Gasteiger partial charge in [0.15, 0.2) is 0 Å². The smallest absolute Gasteiger partial charge is 0.251 e. The highest BCUT2D eigenvalue weighted by atomic mass is 32.2. The van der Waals surface area contributed by atoms with Crippen LogP contribution in [0.15, 0.2) is 24.3 Å². The number of carbonyl (C=O) groups excluding carboxylic acids is 2. The highest BCUT2D eigenvalue weighted by Crippen LogP contribution is 2.24. The molecule has 1 aliphatic rings. The molecule has 1 aliphatic heterocycles. The zero-order valence-corrected chi connectivity index (χ0v) is 15.8. The van der Waals surface area contributed by atoms with E-state index in [0.717, 1.165) is 0 Å². The van der Waals surface area contributed by atoms with E-state index in [1.54, 1.807) is 25.1 Å². The van der Waals surface area contributed by atoms with Gasteiger partial charge in [0.1, 0.15) is 6.04 Å². The first-order valence-corrected chi connectivity index (χ1v) is 9.84. The summed E-state index contributed by atoms with van der Waals surface area (Å²) in [6, 6.07) is 5.72. The average molecular weight is 367 g/mol. The molecule has 2 amide bonds. The summed E-state index contributed by atoms with van der Waals surface area (Å²) < 4.78 is 25.4. The van der Waals surface area contributed by atoms with E-state index in [4.69, 9.17) is 0 Å². The topological polar surface area (TPSA) is 95.6 Å². The number of rotatable bonds is 4. The quantitative estimate of drug-likeness (QED) is 0.837. The van der Waals surface area contributed by atoms with Crippen LogP contribution in [0.5, 0.6) is 0 Å². The van der Waals surface area contributed by atoms with Crippen molar-refractivity contribution in [3.8, 4) is 0 Å². The highest BCUT2D eigenvalue weighted by Gasteiger charge is 2.29. The molecule has 1 aromatic rings. The van der Waals surface area contributed by atoms with Crippen molar-refractivity contribution in [2.45, 2.75) is 45.7 Å². The Bertz CT molecular complexity index is 768. The Morgan fingerprint density at radius 1 is 1.24 bits per heavy atom. The molecule has 0 spiro atoms. The van der Waals surface area contributed by atoms with Gasteiger partial charge in [0.25, 0.3) is 5.91 Å². The van der Waals surface area contributed by atoms with Crippen molar-refractivity contribution >= 4 is 27.5 Å². The lowest BCUT2D eigenvalue weighted by Crippen LogP contribution is -2.50. The van der Waals surface area contributed by atoms with Gasteiger partial charge in [-0.3, -0.25) is 13.9 Å². The number of carbonyl (C=O) groups is 2. The minimum absolute atomic E-state index is 0.118. The molecule has 1 aromatic carbocycles. The molecule has 0 aliphatic carbocycles. The second-order valence-electron chi connectivity index (χ2n) is 7.23. The number of hydrogen-bond donors (Lipinski definition) is 2. The van der Waals surface area contributed by atoms with Crippen molar-refractivity contribution < 1.29 is 18.0 Å². The van der Waals surface area contributed by atoms with E-state index in [-0.39, 0.29) is 17.2 Å². The van der Waals surface area contributed by atoms with Crippen molar-refractivity contribution in [3.05, 3.63) is 29.8 Å². The minimum Gasteiger partial charge on any atom is -0.350 e. The van der Waals surface area contributed by atoms with Crippen molar-refractivity contribution in [2.75, 3.05) is 16.6 Å². The third-order valence-electron chi connectivity index (χ3n) is 3.73. The fourth-order valence-electron chi connectivity index (χ4n) is 2.56. The van der Waals surface area contributed by atoms with E-state index in [0.29, 0.717) is 24.2 Å². The predicted molar refractivity (Wildman–Crippen MR) is 97.0 cm³/mol. The Kier molecular flexibility index (Phi) is 5.41. The third-order valence-corrected chi connectivity index (χ3v) is 5.60. The van der Waals surface area contributed by atoms with E-state index < -0.39 is 22.0 Å². The van der Waals surface area contributed by atoms with Crippen LogP contribution in [-0.2, 0) is 14.8 Å². The Balaban J connectivity index is 2.10. The molecule has 0 aromatic heterocycles. The number of anilines is 1. The molecule has 25 heavy (non-hydrogen) atoms. The lowest BCUT2D eigenvalue weighted by Gasteiger charge is -2.23. The summed E-state index contributed by atoms with van der Waals surface area (Å²) in [5.74, 6) is -0.581.